The molecule has 30 heavy (non-hydrogen) atoms. The summed E-state index contributed by atoms with van der Waals surface area (Å²) in [7, 11) is 0. The summed E-state index contributed by atoms with van der Waals surface area (Å²) in [6.45, 7) is 6.24. The van der Waals surface area contributed by atoms with Gasteiger partial charge in [0.1, 0.15) is 0 Å². The van der Waals surface area contributed by atoms with Crippen molar-refractivity contribution in [1.29, 1.82) is 0 Å². The van der Waals surface area contributed by atoms with Crippen molar-refractivity contribution in [1.82, 2.24) is 21.3 Å². The first-order valence-electron chi connectivity index (χ1n) is 9.06. The first-order chi connectivity index (χ1) is 12.9. The number of amides is 2. The number of halogens is 8. The van der Waals surface area contributed by atoms with E-state index >= 15 is 0 Å². The largest absolute Gasteiger partial charge is 0.471 e. The van der Waals surface area contributed by atoms with E-state index in [1.807, 2.05) is 10.6 Å². The molecule has 0 aromatic rings. The van der Waals surface area contributed by atoms with Gasteiger partial charge in [0, 0.05) is 50.1 Å². The Hall–Kier alpha value is -0.980. The first kappa shape index (κ1) is 31.2. The van der Waals surface area contributed by atoms with Crippen LogP contribution < -0.4 is 21.3 Å². The minimum absolute atomic E-state index is 0. The smallest absolute Gasteiger partial charge is 0.345 e. The van der Waals surface area contributed by atoms with E-state index in [2.05, 4.69) is 10.6 Å². The minimum Gasteiger partial charge on any atom is -0.345 e. The molecule has 0 aromatic carbocycles. The molecule has 2 aliphatic heterocycles. The highest BCUT2D eigenvalue weighted by Crippen LogP contribution is 2.19. The molecule has 0 spiro atoms. The summed E-state index contributed by atoms with van der Waals surface area (Å²) in [5.74, 6) is -3.41. The lowest BCUT2D eigenvalue weighted by Crippen LogP contribution is -2.56. The SMILES string of the molecule is CCC(NC(=O)C(F)(F)F)C1CNC1.CCC(NC(=O)C(F)(F)F)C1CNC1.Cl.Cl. The fourth-order valence-corrected chi connectivity index (χ4v) is 2.80. The Morgan fingerprint density at radius 3 is 1.17 bits per heavy atom. The van der Waals surface area contributed by atoms with E-state index in [4.69, 9.17) is 0 Å². The average Bonchev–Trinajstić information content (AvgIpc) is 2.48. The van der Waals surface area contributed by atoms with Crippen LogP contribution in [0.4, 0.5) is 26.3 Å². The normalized spacial score (nSPS) is 18.7. The zero-order chi connectivity index (χ0) is 21.5. The molecule has 6 nitrogen and oxygen atoms in total. The van der Waals surface area contributed by atoms with Gasteiger partial charge in [-0.15, -0.1) is 24.8 Å². The van der Waals surface area contributed by atoms with Crippen LogP contribution >= 0.6 is 24.8 Å². The van der Waals surface area contributed by atoms with Gasteiger partial charge in [0.05, 0.1) is 0 Å². The van der Waals surface area contributed by atoms with Crippen molar-refractivity contribution < 1.29 is 35.9 Å². The zero-order valence-electron chi connectivity index (χ0n) is 16.5. The van der Waals surface area contributed by atoms with Crippen molar-refractivity contribution in [3.63, 3.8) is 0 Å². The predicted octanol–water partition coefficient (Wildman–Crippen LogP) is 2.17. The summed E-state index contributed by atoms with van der Waals surface area (Å²) in [5, 5.41) is 9.92. The van der Waals surface area contributed by atoms with Crippen molar-refractivity contribution in [3.8, 4) is 0 Å². The maximum Gasteiger partial charge on any atom is 0.471 e. The van der Waals surface area contributed by atoms with Gasteiger partial charge in [0.2, 0.25) is 0 Å². The van der Waals surface area contributed by atoms with Crippen molar-refractivity contribution in [3.05, 3.63) is 0 Å². The summed E-state index contributed by atoms with van der Waals surface area (Å²) in [4.78, 5) is 21.2. The van der Waals surface area contributed by atoms with Gasteiger partial charge in [-0.2, -0.15) is 26.3 Å². The number of carbonyl (C=O) groups is 2. The van der Waals surface area contributed by atoms with Crippen molar-refractivity contribution >= 4 is 36.6 Å². The Kier molecular flexibility index (Phi) is 14.0. The molecule has 0 aliphatic carbocycles. The van der Waals surface area contributed by atoms with Gasteiger partial charge in [0.15, 0.2) is 0 Å². The van der Waals surface area contributed by atoms with Crippen molar-refractivity contribution in [2.45, 2.75) is 51.1 Å². The zero-order valence-corrected chi connectivity index (χ0v) is 18.1. The Balaban J connectivity index is 0. The Labute approximate surface area is 183 Å². The highest BCUT2D eigenvalue weighted by Gasteiger charge is 2.42. The van der Waals surface area contributed by atoms with Crippen molar-refractivity contribution in [2.24, 2.45) is 11.8 Å². The number of hydrogen-bond acceptors (Lipinski definition) is 4. The lowest BCUT2D eigenvalue weighted by atomic mass is 9.92. The molecule has 0 radical (unpaired) electrons. The van der Waals surface area contributed by atoms with E-state index < -0.39 is 24.2 Å². The van der Waals surface area contributed by atoms with Gasteiger partial charge in [-0.3, -0.25) is 9.59 Å². The van der Waals surface area contributed by atoms with Crippen LogP contribution in [0.5, 0.6) is 0 Å². The summed E-state index contributed by atoms with van der Waals surface area (Å²) in [6.07, 6.45) is -8.50. The van der Waals surface area contributed by atoms with Crippen LogP contribution in [-0.2, 0) is 9.59 Å². The third kappa shape index (κ3) is 9.88. The maximum atomic E-state index is 11.9. The summed E-state index contributed by atoms with van der Waals surface area (Å²) < 4.78 is 71.4. The quantitative estimate of drug-likeness (QED) is 0.428. The summed E-state index contributed by atoms with van der Waals surface area (Å²) >= 11 is 0. The Bertz CT molecular complexity index is 483. The van der Waals surface area contributed by atoms with E-state index in [1.165, 1.54) is 0 Å². The van der Waals surface area contributed by atoms with E-state index in [1.54, 1.807) is 13.8 Å². The van der Waals surface area contributed by atoms with Gasteiger partial charge in [-0.25, -0.2) is 0 Å². The monoisotopic (exact) mass is 492 g/mol. The van der Waals surface area contributed by atoms with Gasteiger partial charge in [0.25, 0.3) is 0 Å². The first-order valence-corrected chi connectivity index (χ1v) is 9.06. The fourth-order valence-electron chi connectivity index (χ4n) is 2.80. The van der Waals surface area contributed by atoms with Crippen LogP contribution in [0.25, 0.3) is 0 Å². The molecule has 14 heteroatoms. The second-order valence-electron chi connectivity index (χ2n) is 6.81. The molecule has 0 saturated carbocycles. The highest BCUT2D eigenvalue weighted by molar-refractivity contribution is 5.85. The number of hydrogen-bond donors (Lipinski definition) is 4. The van der Waals surface area contributed by atoms with Crippen LogP contribution in [0, 0.1) is 11.8 Å². The third-order valence-electron chi connectivity index (χ3n) is 4.79. The molecule has 4 N–H and O–H groups in total. The highest BCUT2D eigenvalue weighted by atomic mass is 35.5. The van der Waals surface area contributed by atoms with Crippen LogP contribution in [0.2, 0.25) is 0 Å². The summed E-state index contributed by atoms with van der Waals surface area (Å²) in [6, 6.07) is -0.740. The van der Waals surface area contributed by atoms with Crippen LogP contribution in [0.3, 0.4) is 0 Å². The number of rotatable bonds is 6. The molecular weight excluding hydrogens is 465 g/mol. The molecule has 2 unspecified atom stereocenters. The molecule has 2 aliphatic rings. The van der Waals surface area contributed by atoms with Gasteiger partial charge >= 0.3 is 24.2 Å². The van der Waals surface area contributed by atoms with Gasteiger partial charge in [-0.05, 0) is 12.8 Å². The molecule has 2 fully saturated rings. The van der Waals surface area contributed by atoms with Gasteiger partial charge < -0.3 is 21.3 Å². The maximum absolute atomic E-state index is 11.9. The molecule has 180 valence electrons. The van der Waals surface area contributed by atoms with Crippen LogP contribution in [0.1, 0.15) is 26.7 Å². The predicted molar refractivity (Wildman–Crippen MR) is 104 cm³/mol. The van der Waals surface area contributed by atoms with E-state index in [-0.39, 0.29) is 48.7 Å². The number of carbonyl (C=O) groups excluding carboxylic acids is 2. The lowest BCUT2D eigenvalue weighted by Gasteiger charge is -2.34. The molecule has 0 aromatic heterocycles. The number of alkyl halides is 6. The molecule has 2 saturated heterocycles. The molecule has 0 bridgehead atoms. The molecular formula is C16H28Cl2F6N4O2. The van der Waals surface area contributed by atoms with E-state index in [0.29, 0.717) is 39.0 Å². The second kappa shape index (κ2) is 13.4. The molecule has 2 heterocycles. The van der Waals surface area contributed by atoms with E-state index in [9.17, 15) is 35.9 Å². The second-order valence-corrected chi connectivity index (χ2v) is 6.81. The minimum atomic E-state index is -4.77. The standard InChI is InChI=1S/2C8H13F3N2O.2ClH/c2*1-2-6(5-3-12-4-5)13-7(14)8(9,10)11;;/h2*5-6,12H,2-4H2,1H3,(H,13,14);2*1H. The molecule has 2 amide bonds. The van der Waals surface area contributed by atoms with Crippen LogP contribution in [0.15, 0.2) is 0 Å². The summed E-state index contributed by atoms with van der Waals surface area (Å²) in [5.41, 5.74) is 0. The lowest BCUT2D eigenvalue weighted by molar-refractivity contribution is -0.175. The Morgan fingerprint density at radius 1 is 0.767 bits per heavy atom. The van der Waals surface area contributed by atoms with E-state index in [0.717, 1.165) is 0 Å². The topological polar surface area (TPSA) is 82.3 Å². The average molecular weight is 493 g/mol. The third-order valence-corrected chi connectivity index (χ3v) is 4.79. The van der Waals surface area contributed by atoms with Crippen LogP contribution in [-0.4, -0.2) is 62.4 Å². The molecule has 2 rings (SSSR count). The Morgan fingerprint density at radius 2 is 1.03 bits per heavy atom. The fraction of sp³-hybridized carbons (Fsp3) is 0.875. The van der Waals surface area contributed by atoms with Gasteiger partial charge in [-0.1, -0.05) is 13.8 Å². The van der Waals surface area contributed by atoms with Crippen molar-refractivity contribution in [2.75, 3.05) is 26.2 Å². The molecule has 2 atom stereocenters. The number of nitrogens with one attached hydrogen (secondary N) is 4.